The highest BCUT2D eigenvalue weighted by Crippen LogP contribution is 2.41. The quantitative estimate of drug-likeness (QED) is 0.286. The SMILES string of the molecule is C1=CC2/C(c3ccccc3)=C/C=C\C=C/C=C(/c3ccc(-c4cccc5ccccc45)cc3)C2C=C1. The van der Waals surface area contributed by atoms with Gasteiger partial charge in [-0.3, -0.25) is 0 Å². The van der Waals surface area contributed by atoms with Crippen molar-refractivity contribution in [3.05, 3.63) is 169 Å². The standard InChI is InChI=1S/C36H28/c1-2-7-18-34(36-21-11-10-20-35(36)33(17-6-1)27-13-4-3-5-14-27)30-25-23-29(24-26-30)32-22-12-16-28-15-8-9-19-31(28)32/h1-26,35-36H/b6-1-,7-2-,33-17+,34-18-. The van der Waals surface area contributed by atoms with Crippen LogP contribution in [0.5, 0.6) is 0 Å². The highest BCUT2D eigenvalue weighted by molar-refractivity contribution is 5.96. The highest BCUT2D eigenvalue weighted by atomic mass is 14.3. The molecule has 0 bridgehead atoms. The van der Waals surface area contributed by atoms with Gasteiger partial charge < -0.3 is 0 Å². The van der Waals surface area contributed by atoms with Crippen molar-refractivity contribution in [2.24, 2.45) is 11.8 Å². The molecule has 0 saturated carbocycles. The lowest BCUT2D eigenvalue weighted by Gasteiger charge is -2.30. The van der Waals surface area contributed by atoms with Gasteiger partial charge in [0.2, 0.25) is 0 Å². The van der Waals surface area contributed by atoms with E-state index in [9.17, 15) is 0 Å². The number of hydrogen-bond donors (Lipinski definition) is 0. The molecular weight excluding hydrogens is 432 g/mol. The normalized spacial score (nSPS) is 23.7. The summed E-state index contributed by atoms with van der Waals surface area (Å²) in [6, 6.07) is 35.0. The Bertz CT molecular complexity index is 1550. The third-order valence-corrected chi connectivity index (χ3v) is 7.16. The molecule has 0 radical (unpaired) electrons. The molecule has 2 atom stereocenters. The van der Waals surface area contributed by atoms with Crippen LogP contribution in [0.1, 0.15) is 11.1 Å². The maximum atomic E-state index is 2.35. The minimum atomic E-state index is 0.251. The molecule has 2 unspecified atom stereocenters. The van der Waals surface area contributed by atoms with E-state index in [1.165, 1.54) is 44.2 Å². The summed E-state index contributed by atoms with van der Waals surface area (Å²) in [5.74, 6) is 0.513. The monoisotopic (exact) mass is 460 g/mol. The van der Waals surface area contributed by atoms with Gasteiger partial charge in [-0.2, -0.15) is 0 Å². The number of allylic oxidation sites excluding steroid dienone is 12. The molecule has 6 rings (SSSR count). The molecule has 0 aromatic heterocycles. The van der Waals surface area contributed by atoms with Gasteiger partial charge in [-0.25, -0.2) is 0 Å². The fourth-order valence-corrected chi connectivity index (χ4v) is 5.40. The molecule has 0 heteroatoms. The lowest BCUT2D eigenvalue weighted by atomic mass is 9.74. The summed E-state index contributed by atoms with van der Waals surface area (Å²) in [6.45, 7) is 0. The van der Waals surface area contributed by atoms with Crippen LogP contribution in [0, 0.1) is 11.8 Å². The average molecular weight is 461 g/mol. The van der Waals surface area contributed by atoms with E-state index in [2.05, 4.69) is 158 Å². The van der Waals surface area contributed by atoms with E-state index < -0.39 is 0 Å². The molecule has 0 amide bonds. The molecule has 2 aliphatic carbocycles. The second-order valence-electron chi connectivity index (χ2n) is 9.31. The molecule has 4 aromatic rings. The van der Waals surface area contributed by atoms with Crippen LogP contribution in [0.3, 0.4) is 0 Å². The van der Waals surface area contributed by atoms with Gasteiger partial charge in [0.1, 0.15) is 0 Å². The van der Waals surface area contributed by atoms with E-state index in [-0.39, 0.29) is 11.8 Å². The summed E-state index contributed by atoms with van der Waals surface area (Å²) >= 11 is 0. The van der Waals surface area contributed by atoms with Gasteiger partial charge in [-0.1, -0.05) is 158 Å². The van der Waals surface area contributed by atoms with Crippen LogP contribution in [-0.2, 0) is 0 Å². The van der Waals surface area contributed by atoms with E-state index in [1.807, 2.05) is 0 Å². The Kier molecular flexibility index (Phi) is 6.17. The van der Waals surface area contributed by atoms with E-state index >= 15 is 0 Å². The van der Waals surface area contributed by atoms with Crippen LogP contribution >= 0.6 is 0 Å². The Morgan fingerprint density at radius 2 is 0.944 bits per heavy atom. The van der Waals surface area contributed by atoms with Gasteiger partial charge >= 0.3 is 0 Å². The lowest BCUT2D eigenvalue weighted by Crippen LogP contribution is -2.17. The first kappa shape index (κ1) is 22.1. The summed E-state index contributed by atoms with van der Waals surface area (Å²) in [5.41, 5.74) is 7.72. The number of fused-ring (bicyclic) bond motifs is 2. The molecular formula is C36H28. The first-order valence-corrected chi connectivity index (χ1v) is 12.6. The van der Waals surface area contributed by atoms with Gasteiger partial charge in [0.05, 0.1) is 0 Å². The third kappa shape index (κ3) is 4.34. The van der Waals surface area contributed by atoms with Crippen LogP contribution in [0.25, 0.3) is 33.0 Å². The van der Waals surface area contributed by atoms with Crippen molar-refractivity contribution in [3.8, 4) is 11.1 Å². The molecule has 0 N–H and O–H groups in total. The van der Waals surface area contributed by atoms with Crippen molar-refractivity contribution in [2.45, 2.75) is 0 Å². The van der Waals surface area contributed by atoms with Gasteiger partial charge in [0.25, 0.3) is 0 Å². The first-order valence-electron chi connectivity index (χ1n) is 12.6. The lowest BCUT2D eigenvalue weighted by molar-refractivity contribution is 0.701. The van der Waals surface area contributed by atoms with Crippen molar-refractivity contribution in [1.29, 1.82) is 0 Å². The topological polar surface area (TPSA) is 0 Å². The minimum Gasteiger partial charge on any atom is -0.0761 e. The summed E-state index contributed by atoms with van der Waals surface area (Å²) in [7, 11) is 0. The van der Waals surface area contributed by atoms with Crippen LogP contribution in [0.15, 0.2) is 158 Å². The predicted molar refractivity (Wildman–Crippen MR) is 155 cm³/mol. The van der Waals surface area contributed by atoms with Crippen molar-refractivity contribution < 1.29 is 0 Å². The van der Waals surface area contributed by atoms with Crippen molar-refractivity contribution in [3.63, 3.8) is 0 Å². The summed E-state index contributed by atoms with van der Waals surface area (Å²) < 4.78 is 0. The first-order chi connectivity index (χ1) is 17.9. The third-order valence-electron chi connectivity index (χ3n) is 7.16. The molecule has 0 heterocycles. The van der Waals surface area contributed by atoms with Crippen LogP contribution in [-0.4, -0.2) is 0 Å². The second kappa shape index (κ2) is 10.1. The summed E-state index contributed by atoms with van der Waals surface area (Å²) in [4.78, 5) is 0. The van der Waals surface area contributed by atoms with Gasteiger partial charge in [-0.15, -0.1) is 0 Å². The van der Waals surface area contributed by atoms with E-state index in [4.69, 9.17) is 0 Å². The molecule has 4 aromatic carbocycles. The molecule has 2 aliphatic rings. The molecule has 172 valence electrons. The molecule has 36 heavy (non-hydrogen) atoms. The zero-order valence-electron chi connectivity index (χ0n) is 20.2. The van der Waals surface area contributed by atoms with E-state index in [0.29, 0.717) is 0 Å². The Morgan fingerprint density at radius 1 is 0.389 bits per heavy atom. The molecule has 0 aliphatic heterocycles. The Balaban J connectivity index is 1.41. The number of rotatable bonds is 3. The Hall–Kier alpha value is -4.42. The van der Waals surface area contributed by atoms with Gasteiger partial charge in [0.15, 0.2) is 0 Å². The Labute approximate surface area is 213 Å². The van der Waals surface area contributed by atoms with Crippen LogP contribution in [0.4, 0.5) is 0 Å². The second-order valence-corrected chi connectivity index (χ2v) is 9.31. The largest absolute Gasteiger partial charge is 0.0761 e. The van der Waals surface area contributed by atoms with E-state index in [0.717, 1.165) is 0 Å². The van der Waals surface area contributed by atoms with Crippen LogP contribution < -0.4 is 0 Å². The molecule has 0 fully saturated rings. The van der Waals surface area contributed by atoms with Crippen molar-refractivity contribution in [1.82, 2.24) is 0 Å². The predicted octanol–water partition coefficient (Wildman–Crippen LogP) is 9.46. The van der Waals surface area contributed by atoms with Gasteiger partial charge in [-0.05, 0) is 44.2 Å². The maximum Gasteiger partial charge on any atom is 0.0131 e. The van der Waals surface area contributed by atoms with E-state index in [1.54, 1.807) is 0 Å². The average Bonchev–Trinajstić information content (AvgIpc) is 2.95. The fraction of sp³-hybridized carbons (Fsp3) is 0.0556. The van der Waals surface area contributed by atoms with Gasteiger partial charge in [0, 0.05) is 11.8 Å². The summed E-state index contributed by atoms with van der Waals surface area (Å²) in [6.07, 6.45) is 22.2. The van der Waals surface area contributed by atoms with Crippen LogP contribution in [0.2, 0.25) is 0 Å². The minimum absolute atomic E-state index is 0.251. The molecule has 0 saturated heterocycles. The molecule has 0 spiro atoms. The van der Waals surface area contributed by atoms with Crippen molar-refractivity contribution >= 4 is 21.9 Å². The van der Waals surface area contributed by atoms with Crippen molar-refractivity contribution in [2.75, 3.05) is 0 Å². The Morgan fingerprint density at radius 3 is 1.64 bits per heavy atom. The zero-order valence-corrected chi connectivity index (χ0v) is 20.2. The summed E-state index contributed by atoms with van der Waals surface area (Å²) in [5, 5.41) is 2.56. The number of hydrogen-bond acceptors (Lipinski definition) is 0. The fourth-order valence-electron chi connectivity index (χ4n) is 5.40. The highest BCUT2D eigenvalue weighted by Gasteiger charge is 2.27. The smallest absolute Gasteiger partial charge is 0.0131 e. The zero-order chi connectivity index (χ0) is 24.2. The maximum absolute atomic E-state index is 2.35. The number of benzene rings is 4. The molecule has 0 nitrogen and oxygen atoms in total.